The van der Waals surface area contributed by atoms with Crippen LogP contribution >= 0.6 is 19.2 Å². The van der Waals surface area contributed by atoms with Gasteiger partial charge in [-0.2, -0.15) is 0 Å². The minimum absolute atomic E-state index is 0.0623. The zero-order valence-electron chi connectivity index (χ0n) is 22.4. The lowest BCUT2D eigenvalue weighted by Gasteiger charge is -2.13. The lowest BCUT2D eigenvalue weighted by Crippen LogP contribution is -2.34. The first-order chi connectivity index (χ1) is 18.3. The van der Waals surface area contributed by atoms with Gasteiger partial charge in [-0.15, -0.1) is 11.3 Å². The van der Waals surface area contributed by atoms with Crippen molar-refractivity contribution in [3.8, 4) is 5.75 Å². The van der Waals surface area contributed by atoms with Crippen molar-refractivity contribution in [2.45, 2.75) is 90.0 Å². The molecule has 0 amide bonds. The van der Waals surface area contributed by atoms with Crippen LogP contribution in [0.4, 0.5) is 0 Å². The van der Waals surface area contributed by atoms with Gasteiger partial charge in [0.25, 0.3) is 0 Å². The van der Waals surface area contributed by atoms with Crippen LogP contribution in [-0.4, -0.2) is 46.8 Å². The number of benzene rings is 1. The van der Waals surface area contributed by atoms with E-state index in [-0.39, 0.29) is 6.61 Å². The van der Waals surface area contributed by atoms with Crippen LogP contribution in [0.3, 0.4) is 0 Å². The SMILES string of the molecule is CCCCCCCCCCCOc1ccccc1CCc1ncc(CCOP(=O)(O)OC[C@H](N)C(=O)O)s1. The number of hydrogen-bond acceptors (Lipinski definition) is 8. The van der Waals surface area contributed by atoms with Gasteiger partial charge < -0.3 is 20.5 Å². The van der Waals surface area contributed by atoms with Gasteiger partial charge in [0.05, 0.1) is 24.8 Å². The van der Waals surface area contributed by atoms with Crippen LogP contribution in [0.5, 0.6) is 5.75 Å². The fraction of sp³-hybridized carbons (Fsp3) is 0.630. The van der Waals surface area contributed by atoms with Crippen molar-refractivity contribution in [1.29, 1.82) is 0 Å². The Morgan fingerprint density at radius 2 is 1.68 bits per heavy atom. The first-order valence-corrected chi connectivity index (χ1v) is 15.9. The number of nitrogens with zero attached hydrogens (tertiary/aromatic N) is 1. The summed E-state index contributed by atoms with van der Waals surface area (Å²) < 4.78 is 27.5. The van der Waals surface area contributed by atoms with Crippen LogP contribution < -0.4 is 10.5 Å². The van der Waals surface area contributed by atoms with E-state index in [1.165, 1.54) is 62.7 Å². The molecule has 38 heavy (non-hydrogen) atoms. The molecule has 2 atom stereocenters. The van der Waals surface area contributed by atoms with Crippen molar-refractivity contribution in [1.82, 2.24) is 4.98 Å². The Kier molecular flexibility index (Phi) is 15.8. The highest BCUT2D eigenvalue weighted by Crippen LogP contribution is 2.43. The Hall–Kier alpha value is -1.81. The summed E-state index contributed by atoms with van der Waals surface area (Å²) in [6, 6.07) is 6.72. The van der Waals surface area contributed by atoms with E-state index in [4.69, 9.17) is 20.1 Å². The second-order valence-electron chi connectivity index (χ2n) is 9.30. The van der Waals surface area contributed by atoms with Gasteiger partial charge in [-0.25, -0.2) is 9.55 Å². The molecule has 1 heterocycles. The average molecular weight is 571 g/mol. The number of phosphoric acid groups is 1. The smallest absolute Gasteiger partial charge is 0.472 e. The number of phosphoric ester groups is 1. The highest BCUT2D eigenvalue weighted by atomic mass is 32.1. The van der Waals surface area contributed by atoms with Crippen molar-refractivity contribution in [2.75, 3.05) is 19.8 Å². The summed E-state index contributed by atoms with van der Waals surface area (Å²) in [4.78, 5) is 25.7. The van der Waals surface area contributed by atoms with E-state index >= 15 is 0 Å². The molecule has 11 heteroatoms. The third kappa shape index (κ3) is 13.8. The standard InChI is InChI=1S/C27H43N2O7PS/c1-2-3-4-5-6-7-8-9-12-18-34-25-14-11-10-13-22(25)15-16-26-29-20-23(38-26)17-19-35-37(32,33)36-21-24(28)27(30)31/h10-11,13-14,20,24H,2-9,12,15-19,21,28H2,1H3,(H,30,31)(H,32,33)/t24-/m0/s1. The maximum absolute atomic E-state index is 11.9. The summed E-state index contributed by atoms with van der Waals surface area (Å²) >= 11 is 1.52. The molecular formula is C27H43N2O7PS. The molecule has 0 aliphatic rings. The first kappa shape index (κ1) is 32.4. The molecule has 1 aromatic carbocycles. The normalized spacial score (nSPS) is 13.8. The molecule has 0 spiro atoms. The largest absolute Gasteiger partial charge is 0.493 e. The van der Waals surface area contributed by atoms with Gasteiger partial charge in [0.1, 0.15) is 11.8 Å². The second kappa shape index (κ2) is 18.5. The predicted octanol–water partition coefficient (Wildman–Crippen LogP) is 5.93. The van der Waals surface area contributed by atoms with Crippen molar-refractivity contribution in [3.63, 3.8) is 0 Å². The number of nitrogens with two attached hydrogens (primary N) is 1. The highest BCUT2D eigenvalue weighted by Gasteiger charge is 2.24. The van der Waals surface area contributed by atoms with E-state index in [1.54, 1.807) is 6.20 Å². The number of aryl methyl sites for hydroxylation is 2. The molecule has 214 valence electrons. The van der Waals surface area contributed by atoms with E-state index in [2.05, 4.69) is 22.5 Å². The minimum atomic E-state index is -4.37. The minimum Gasteiger partial charge on any atom is -0.493 e. The molecular weight excluding hydrogens is 527 g/mol. The Morgan fingerprint density at radius 3 is 2.39 bits per heavy atom. The molecule has 4 N–H and O–H groups in total. The molecule has 2 aromatic rings. The van der Waals surface area contributed by atoms with Crippen molar-refractivity contribution in [3.05, 3.63) is 45.9 Å². The highest BCUT2D eigenvalue weighted by molar-refractivity contribution is 7.47. The van der Waals surface area contributed by atoms with Crippen molar-refractivity contribution < 1.29 is 33.1 Å². The van der Waals surface area contributed by atoms with E-state index in [0.717, 1.165) is 47.1 Å². The second-order valence-corrected chi connectivity index (χ2v) is 12.0. The number of aromatic nitrogens is 1. The number of carboxylic acid groups (broad SMARTS) is 1. The van der Waals surface area contributed by atoms with Crippen LogP contribution in [0.15, 0.2) is 30.5 Å². The Balaban J connectivity index is 1.66. The molecule has 0 aliphatic carbocycles. The van der Waals surface area contributed by atoms with E-state index in [0.29, 0.717) is 6.42 Å². The molecule has 0 bridgehead atoms. The van der Waals surface area contributed by atoms with Crippen LogP contribution in [-0.2, 0) is 37.7 Å². The van der Waals surface area contributed by atoms with Gasteiger partial charge in [0.2, 0.25) is 0 Å². The summed E-state index contributed by atoms with van der Waals surface area (Å²) in [6.45, 7) is 2.30. The monoisotopic (exact) mass is 570 g/mol. The van der Waals surface area contributed by atoms with Gasteiger partial charge in [0, 0.05) is 23.9 Å². The van der Waals surface area contributed by atoms with E-state index < -0.39 is 26.4 Å². The molecule has 2 rings (SSSR count). The van der Waals surface area contributed by atoms with E-state index in [1.807, 2.05) is 18.2 Å². The first-order valence-electron chi connectivity index (χ1n) is 13.5. The predicted molar refractivity (Wildman–Crippen MR) is 150 cm³/mol. The van der Waals surface area contributed by atoms with Crippen LogP contribution in [0.2, 0.25) is 0 Å². The summed E-state index contributed by atoms with van der Waals surface area (Å²) in [5, 5.41) is 9.67. The van der Waals surface area contributed by atoms with Crippen molar-refractivity contribution in [2.24, 2.45) is 5.73 Å². The number of aliphatic carboxylic acids is 1. The third-order valence-electron chi connectivity index (χ3n) is 6.03. The summed E-state index contributed by atoms with van der Waals surface area (Å²) in [5.74, 6) is -0.395. The molecule has 1 unspecified atom stereocenters. The number of rotatable bonds is 22. The molecule has 0 radical (unpaired) electrons. The number of carboxylic acids is 1. The number of carbonyl (C=O) groups is 1. The molecule has 1 aromatic heterocycles. The Bertz CT molecular complexity index is 988. The zero-order valence-corrected chi connectivity index (χ0v) is 24.1. The number of unbranched alkanes of at least 4 members (excludes halogenated alkanes) is 8. The third-order valence-corrected chi connectivity index (χ3v) is 8.13. The van der Waals surface area contributed by atoms with E-state index in [9.17, 15) is 14.3 Å². The summed E-state index contributed by atoms with van der Waals surface area (Å²) in [7, 11) is -4.37. The van der Waals surface area contributed by atoms with Crippen LogP contribution in [0.1, 0.15) is 80.2 Å². The maximum Gasteiger partial charge on any atom is 0.472 e. The summed E-state index contributed by atoms with van der Waals surface area (Å²) in [6.07, 6.45) is 15.3. The number of ether oxygens (including phenoxy) is 1. The maximum atomic E-state index is 11.9. The molecule has 9 nitrogen and oxygen atoms in total. The molecule has 0 saturated heterocycles. The fourth-order valence-corrected chi connectivity index (χ4v) is 5.46. The van der Waals surface area contributed by atoms with Gasteiger partial charge in [-0.3, -0.25) is 13.8 Å². The van der Waals surface area contributed by atoms with Crippen LogP contribution in [0.25, 0.3) is 0 Å². The fourth-order valence-electron chi connectivity index (χ4n) is 3.81. The number of hydrogen-bond donors (Lipinski definition) is 3. The molecule has 0 saturated carbocycles. The lowest BCUT2D eigenvalue weighted by molar-refractivity contribution is -0.139. The number of para-hydroxylation sites is 1. The molecule has 0 fully saturated rings. The summed E-state index contributed by atoms with van der Waals surface area (Å²) in [5.41, 5.74) is 6.42. The molecule has 0 aliphatic heterocycles. The quantitative estimate of drug-likeness (QED) is 0.116. The number of thiazole rings is 1. The van der Waals surface area contributed by atoms with Gasteiger partial charge in [-0.05, 0) is 24.5 Å². The zero-order chi connectivity index (χ0) is 27.6. The van der Waals surface area contributed by atoms with Gasteiger partial charge in [0.15, 0.2) is 0 Å². The van der Waals surface area contributed by atoms with Crippen LogP contribution in [0, 0.1) is 0 Å². The van der Waals surface area contributed by atoms with Gasteiger partial charge in [-0.1, -0.05) is 76.5 Å². The topological polar surface area (TPSA) is 141 Å². The van der Waals surface area contributed by atoms with Crippen molar-refractivity contribution >= 4 is 25.1 Å². The lowest BCUT2D eigenvalue weighted by atomic mass is 10.1. The Morgan fingerprint density at radius 1 is 1.00 bits per heavy atom. The average Bonchev–Trinajstić information content (AvgIpc) is 3.35. The van der Waals surface area contributed by atoms with Gasteiger partial charge >= 0.3 is 13.8 Å². The Labute approximate surface area is 230 Å².